The Morgan fingerprint density at radius 2 is 1.57 bits per heavy atom. The third-order valence-corrected chi connectivity index (χ3v) is 6.03. The minimum absolute atomic E-state index is 0.173. The molecule has 0 amide bonds. The van der Waals surface area contributed by atoms with Gasteiger partial charge >= 0.3 is 0 Å². The summed E-state index contributed by atoms with van der Waals surface area (Å²) in [5.41, 5.74) is 3.02. The lowest BCUT2D eigenvalue weighted by Gasteiger charge is -2.38. The number of nitrogens with zero attached hydrogens (tertiary/aromatic N) is 2. The molecule has 0 atom stereocenters. The molecular formula is C25H35BrN2O2. The second-order valence-electron chi connectivity index (χ2n) is 8.86. The van der Waals surface area contributed by atoms with Crippen LogP contribution in [0, 0.1) is 0 Å². The standard InChI is InChI=1S/C25H35BrN2O2/c1-25(2,3)23-7-4-5-8-24(23)28-16-14-27(15-17-28)13-6-18-29-19-20-30-22-11-9-21(26)10-12-22/h4-5,7-12H,6,13-20H2,1-3H3. The normalized spacial score (nSPS) is 15.4. The van der Waals surface area contributed by atoms with Crippen LogP contribution in [0.2, 0.25) is 0 Å². The van der Waals surface area contributed by atoms with E-state index < -0.39 is 0 Å². The molecule has 0 radical (unpaired) electrons. The van der Waals surface area contributed by atoms with Gasteiger partial charge in [0, 0.05) is 49.5 Å². The molecular weight excluding hydrogens is 440 g/mol. The first kappa shape index (κ1) is 23.1. The predicted octanol–water partition coefficient (Wildman–Crippen LogP) is 5.35. The number of para-hydroxylation sites is 1. The molecule has 3 rings (SSSR count). The lowest BCUT2D eigenvalue weighted by Crippen LogP contribution is -2.47. The Morgan fingerprint density at radius 3 is 2.27 bits per heavy atom. The Kier molecular flexibility index (Phi) is 8.61. The highest BCUT2D eigenvalue weighted by Crippen LogP contribution is 2.32. The fourth-order valence-corrected chi connectivity index (χ4v) is 4.10. The molecule has 0 N–H and O–H groups in total. The molecule has 30 heavy (non-hydrogen) atoms. The van der Waals surface area contributed by atoms with Gasteiger partial charge in [0.15, 0.2) is 0 Å². The second-order valence-corrected chi connectivity index (χ2v) is 9.78. The summed E-state index contributed by atoms with van der Waals surface area (Å²) in [4.78, 5) is 5.10. The van der Waals surface area contributed by atoms with Gasteiger partial charge in [0.05, 0.1) is 6.61 Å². The van der Waals surface area contributed by atoms with Crippen molar-refractivity contribution in [2.45, 2.75) is 32.6 Å². The number of rotatable bonds is 9. The van der Waals surface area contributed by atoms with E-state index in [1.165, 1.54) is 11.3 Å². The van der Waals surface area contributed by atoms with E-state index in [2.05, 4.69) is 70.8 Å². The van der Waals surface area contributed by atoms with E-state index in [0.717, 1.165) is 56.0 Å². The molecule has 0 unspecified atom stereocenters. The van der Waals surface area contributed by atoms with E-state index in [0.29, 0.717) is 13.2 Å². The molecule has 0 spiro atoms. The van der Waals surface area contributed by atoms with Gasteiger partial charge < -0.3 is 14.4 Å². The van der Waals surface area contributed by atoms with Crippen molar-refractivity contribution in [2.24, 2.45) is 0 Å². The summed E-state index contributed by atoms with van der Waals surface area (Å²) in [6.07, 6.45) is 1.07. The Hall–Kier alpha value is -1.56. The van der Waals surface area contributed by atoms with Crippen molar-refractivity contribution >= 4 is 21.6 Å². The highest BCUT2D eigenvalue weighted by molar-refractivity contribution is 9.10. The van der Waals surface area contributed by atoms with Gasteiger partial charge in [0.2, 0.25) is 0 Å². The Morgan fingerprint density at radius 1 is 0.867 bits per heavy atom. The molecule has 0 aromatic heterocycles. The maximum Gasteiger partial charge on any atom is 0.119 e. The van der Waals surface area contributed by atoms with Crippen LogP contribution < -0.4 is 9.64 Å². The summed E-state index contributed by atoms with van der Waals surface area (Å²) in [5, 5.41) is 0. The highest BCUT2D eigenvalue weighted by atomic mass is 79.9. The summed E-state index contributed by atoms with van der Waals surface area (Å²) in [7, 11) is 0. The summed E-state index contributed by atoms with van der Waals surface area (Å²) < 4.78 is 12.5. The van der Waals surface area contributed by atoms with Gasteiger partial charge in [-0.05, 0) is 47.7 Å². The molecule has 4 nitrogen and oxygen atoms in total. The molecule has 0 aliphatic carbocycles. The van der Waals surface area contributed by atoms with Crippen LogP contribution in [-0.2, 0) is 10.2 Å². The fraction of sp³-hybridized carbons (Fsp3) is 0.520. The first-order valence-electron chi connectivity index (χ1n) is 11.0. The summed E-state index contributed by atoms with van der Waals surface area (Å²) in [5.74, 6) is 0.882. The number of piperazine rings is 1. The van der Waals surface area contributed by atoms with Crippen molar-refractivity contribution in [1.29, 1.82) is 0 Å². The van der Waals surface area contributed by atoms with Crippen molar-refractivity contribution in [1.82, 2.24) is 4.90 Å². The number of hydrogen-bond donors (Lipinski definition) is 0. The lowest BCUT2D eigenvalue weighted by molar-refractivity contribution is 0.0909. The molecule has 1 heterocycles. The molecule has 1 saturated heterocycles. The lowest BCUT2D eigenvalue weighted by atomic mass is 9.85. The zero-order valence-electron chi connectivity index (χ0n) is 18.6. The predicted molar refractivity (Wildman–Crippen MR) is 129 cm³/mol. The number of ether oxygens (including phenoxy) is 2. The third-order valence-electron chi connectivity index (χ3n) is 5.50. The van der Waals surface area contributed by atoms with Gasteiger partial charge in [-0.3, -0.25) is 4.90 Å². The van der Waals surface area contributed by atoms with Gasteiger partial charge in [-0.1, -0.05) is 54.9 Å². The molecule has 0 bridgehead atoms. The van der Waals surface area contributed by atoms with Crippen molar-refractivity contribution in [2.75, 3.05) is 57.4 Å². The van der Waals surface area contributed by atoms with Crippen LogP contribution in [0.4, 0.5) is 5.69 Å². The van der Waals surface area contributed by atoms with E-state index in [-0.39, 0.29) is 5.41 Å². The number of hydrogen-bond acceptors (Lipinski definition) is 4. The monoisotopic (exact) mass is 474 g/mol. The van der Waals surface area contributed by atoms with Crippen molar-refractivity contribution in [3.05, 3.63) is 58.6 Å². The van der Waals surface area contributed by atoms with Gasteiger partial charge in [0.25, 0.3) is 0 Å². The molecule has 5 heteroatoms. The van der Waals surface area contributed by atoms with Crippen LogP contribution in [0.1, 0.15) is 32.8 Å². The van der Waals surface area contributed by atoms with Crippen LogP contribution >= 0.6 is 15.9 Å². The Balaban J connectivity index is 1.30. The van der Waals surface area contributed by atoms with Crippen LogP contribution in [0.15, 0.2) is 53.0 Å². The van der Waals surface area contributed by atoms with Gasteiger partial charge in [-0.2, -0.15) is 0 Å². The van der Waals surface area contributed by atoms with Crippen molar-refractivity contribution < 1.29 is 9.47 Å². The van der Waals surface area contributed by atoms with Crippen LogP contribution in [0.3, 0.4) is 0 Å². The average molecular weight is 475 g/mol. The summed E-state index contributed by atoms with van der Waals surface area (Å²) in [6.45, 7) is 14.4. The SMILES string of the molecule is CC(C)(C)c1ccccc1N1CCN(CCCOCCOc2ccc(Br)cc2)CC1. The second kappa shape index (κ2) is 11.2. The number of anilines is 1. The van der Waals surface area contributed by atoms with Crippen molar-refractivity contribution in [3.8, 4) is 5.75 Å². The molecule has 1 aliphatic rings. The Bertz CT molecular complexity index is 765. The van der Waals surface area contributed by atoms with E-state index in [9.17, 15) is 0 Å². The van der Waals surface area contributed by atoms with Crippen molar-refractivity contribution in [3.63, 3.8) is 0 Å². The highest BCUT2D eigenvalue weighted by Gasteiger charge is 2.23. The molecule has 0 saturated carbocycles. The molecule has 2 aromatic carbocycles. The van der Waals surface area contributed by atoms with E-state index in [4.69, 9.17) is 9.47 Å². The summed E-state index contributed by atoms with van der Waals surface area (Å²) >= 11 is 3.43. The van der Waals surface area contributed by atoms with E-state index in [1.807, 2.05) is 24.3 Å². The van der Waals surface area contributed by atoms with Crippen LogP contribution in [0.25, 0.3) is 0 Å². The largest absolute Gasteiger partial charge is 0.491 e. The molecule has 2 aromatic rings. The Labute approximate surface area is 190 Å². The third kappa shape index (κ3) is 7.00. The molecule has 164 valence electrons. The van der Waals surface area contributed by atoms with Gasteiger partial charge in [-0.25, -0.2) is 0 Å². The zero-order chi connectivity index (χ0) is 21.4. The maximum atomic E-state index is 5.74. The minimum atomic E-state index is 0.173. The zero-order valence-corrected chi connectivity index (χ0v) is 20.2. The first-order chi connectivity index (χ1) is 14.4. The van der Waals surface area contributed by atoms with Gasteiger partial charge in [0.1, 0.15) is 12.4 Å². The number of benzene rings is 2. The average Bonchev–Trinajstić information content (AvgIpc) is 2.74. The number of halogens is 1. The topological polar surface area (TPSA) is 24.9 Å². The van der Waals surface area contributed by atoms with Gasteiger partial charge in [-0.15, -0.1) is 0 Å². The summed E-state index contributed by atoms with van der Waals surface area (Å²) in [6, 6.07) is 16.8. The van der Waals surface area contributed by atoms with Crippen LogP contribution in [-0.4, -0.2) is 57.4 Å². The first-order valence-corrected chi connectivity index (χ1v) is 11.8. The fourth-order valence-electron chi connectivity index (χ4n) is 3.84. The molecule has 1 aliphatic heterocycles. The molecule has 1 fully saturated rings. The van der Waals surface area contributed by atoms with Crippen LogP contribution in [0.5, 0.6) is 5.75 Å². The van der Waals surface area contributed by atoms with E-state index >= 15 is 0 Å². The quantitative estimate of drug-likeness (QED) is 0.457. The van der Waals surface area contributed by atoms with E-state index in [1.54, 1.807) is 0 Å². The smallest absolute Gasteiger partial charge is 0.119 e. The minimum Gasteiger partial charge on any atom is -0.491 e. The maximum absolute atomic E-state index is 5.74.